The van der Waals surface area contributed by atoms with Crippen molar-refractivity contribution in [3.8, 4) is 0 Å². The Kier molecular flexibility index (Phi) is 9.12. The molecule has 0 heterocycles. The molecule has 0 spiro atoms. The number of hydrogen-bond acceptors (Lipinski definition) is 2. The van der Waals surface area contributed by atoms with Gasteiger partial charge in [0.05, 0.1) is 6.10 Å². The average molecular weight is 362 g/mol. The minimum absolute atomic E-state index is 0.170. The van der Waals surface area contributed by atoms with E-state index < -0.39 is 8.32 Å². The summed E-state index contributed by atoms with van der Waals surface area (Å²) in [5.41, 5.74) is 1.34. The number of rotatable bonds is 10. The van der Waals surface area contributed by atoms with Crippen molar-refractivity contribution in [2.24, 2.45) is 0 Å². The SMILES string of the molecule is CCCC[C@H](/C=C/[C@@H](C)O[Si](C)(C)C(C)(C)C)NCc1ccccc1. The molecule has 2 atom stereocenters. The molecule has 1 rings (SSSR count). The Morgan fingerprint density at radius 2 is 1.76 bits per heavy atom. The Labute approximate surface area is 157 Å². The van der Waals surface area contributed by atoms with Crippen molar-refractivity contribution in [1.82, 2.24) is 5.32 Å². The zero-order chi connectivity index (χ0) is 18.9. The molecular formula is C22H39NOSi. The molecule has 1 aromatic carbocycles. The molecule has 0 amide bonds. The Morgan fingerprint density at radius 3 is 2.32 bits per heavy atom. The first-order valence-electron chi connectivity index (χ1n) is 9.79. The first-order chi connectivity index (χ1) is 11.7. The van der Waals surface area contributed by atoms with Crippen LogP contribution in [0.25, 0.3) is 0 Å². The molecule has 0 aliphatic carbocycles. The molecule has 2 nitrogen and oxygen atoms in total. The van der Waals surface area contributed by atoms with Crippen LogP contribution in [0.3, 0.4) is 0 Å². The van der Waals surface area contributed by atoms with Gasteiger partial charge in [-0.3, -0.25) is 0 Å². The summed E-state index contributed by atoms with van der Waals surface area (Å²) in [5.74, 6) is 0. The average Bonchev–Trinajstić information content (AvgIpc) is 2.53. The van der Waals surface area contributed by atoms with Gasteiger partial charge >= 0.3 is 0 Å². The lowest BCUT2D eigenvalue weighted by atomic mass is 10.1. The van der Waals surface area contributed by atoms with E-state index in [0.717, 1.165) is 6.54 Å². The molecule has 0 bridgehead atoms. The van der Waals surface area contributed by atoms with Gasteiger partial charge in [-0.2, -0.15) is 0 Å². The Bertz CT molecular complexity index is 505. The molecule has 1 aromatic rings. The van der Waals surface area contributed by atoms with E-state index in [2.05, 4.69) is 95.5 Å². The van der Waals surface area contributed by atoms with E-state index in [-0.39, 0.29) is 11.1 Å². The third-order valence-corrected chi connectivity index (χ3v) is 9.75. The van der Waals surface area contributed by atoms with Crippen LogP contribution >= 0.6 is 0 Å². The van der Waals surface area contributed by atoms with E-state index >= 15 is 0 Å². The molecule has 142 valence electrons. The molecule has 0 aliphatic rings. The number of hydrogen-bond donors (Lipinski definition) is 1. The van der Waals surface area contributed by atoms with Crippen LogP contribution < -0.4 is 5.32 Å². The van der Waals surface area contributed by atoms with Crippen molar-refractivity contribution in [3.05, 3.63) is 48.0 Å². The fourth-order valence-electron chi connectivity index (χ4n) is 2.51. The van der Waals surface area contributed by atoms with Gasteiger partial charge in [0, 0.05) is 12.6 Å². The van der Waals surface area contributed by atoms with Gasteiger partial charge in [0.1, 0.15) is 0 Å². The summed E-state index contributed by atoms with van der Waals surface area (Å²) < 4.78 is 6.44. The molecule has 0 unspecified atom stereocenters. The standard InChI is InChI=1S/C22H39NOSi/c1-8-9-15-21(23-18-20-13-11-10-12-14-20)17-16-19(2)24-25(6,7)22(3,4)5/h10-14,16-17,19,21,23H,8-9,15,18H2,1-7H3/b17-16+/t19-,21-/m1/s1. The summed E-state index contributed by atoms with van der Waals surface area (Å²) in [5, 5.41) is 3.94. The van der Waals surface area contributed by atoms with Crippen LogP contribution in [-0.4, -0.2) is 20.5 Å². The van der Waals surface area contributed by atoms with Crippen molar-refractivity contribution in [1.29, 1.82) is 0 Å². The molecule has 0 aromatic heterocycles. The molecule has 0 aliphatic heterocycles. The largest absolute Gasteiger partial charge is 0.411 e. The first-order valence-corrected chi connectivity index (χ1v) is 12.7. The predicted octanol–water partition coefficient (Wildman–Crippen LogP) is 6.30. The van der Waals surface area contributed by atoms with Crippen LogP contribution in [0.4, 0.5) is 0 Å². The monoisotopic (exact) mass is 361 g/mol. The number of unbranched alkanes of at least 4 members (excludes halogenated alkanes) is 1. The van der Waals surface area contributed by atoms with E-state index in [1.807, 2.05) is 0 Å². The Balaban J connectivity index is 2.62. The van der Waals surface area contributed by atoms with Gasteiger partial charge in [0.15, 0.2) is 8.32 Å². The van der Waals surface area contributed by atoms with Crippen LogP contribution in [0.1, 0.15) is 59.4 Å². The van der Waals surface area contributed by atoms with Gasteiger partial charge in [-0.1, -0.05) is 83.0 Å². The molecule has 0 radical (unpaired) electrons. The molecular weight excluding hydrogens is 322 g/mol. The molecule has 1 N–H and O–H groups in total. The smallest absolute Gasteiger partial charge is 0.192 e. The van der Waals surface area contributed by atoms with Crippen molar-refractivity contribution in [2.45, 2.75) is 90.7 Å². The van der Waals surface area contributed by atoms with Crippen molar-refractivity contribution < 1.29 is 4.43 Å². The highest BCUT2D eigenvalue weighted by Crippen LogP contribution is 2.37. The maximum atomic E-state index is 6.44. The van der Waals surface area contributed by atoms with E-state index in [0.29, 0.717) is 6.04 Å². The fraction of sp³-hybridized carbons (Fsp3) is 0.636. The molecule has 3 heteroatoms. The molecule has 25 heavy (non-hydrogen) atoms. The predicted molar refractivity (Wildman–Crippen MR) is 113 cm³/mol. The Morgan fingerprint density at radius 1 is 1.12 bits per heavy atom. The molecule has 0 saturated heterocycles. The lowest BCUT2D eigenvalue weighted by Gasteiger charge is -2.38. The topological polar surface area (TPSA) is 21.3 Å². The minimum Gasteiger partial charge on any atom is -0.411 e. The normalized spacial score (nSPS) is 15.5. The Hall–Kier alpha value is -0.903. The zero-order valence-electron chi connectivity index (χ0n) is 17.4. The highest BCUT2D eigenvalue weighted by Gasteiger charge is 2.38. The second-order valence-corrected chi connectivity index (χ2v) is 13.3. The molecule has 0 saturated carbocycles. The second-order valence-electron chi connectivity index (χ2n) is 8.58. The van der Waals surface area contributed by atoms with Crippen LogP contribution in [0.15, 0.2) is 42.5 Å². The number of benzene rings is 1. The third kappa shape index (κ3) is 8.35. The highest BCUT2D eigenvalue weighted by atomic mass is 28.4. The van der Waals surface area contributed by atoms with Crippen LogP contribution in [-0.2, 0) is 11.0 Å². The highest BCUT2D eigenvalue weighted by molar-refractivity contribution is 6.74. The third-order valence-electron chi connectivity index (χ3n) is 5.18. The van der Waals surface area contributed by atoms with Crippen molar-refractivity contribution in [3.63, 3.8) is 0 Å². The van der Waals surface area contributed by atoms with E-state index in [1.54, 1.807) is 0 Å². The van der Waals surface area contributed by atoms with E-state index in [9.17, 15) is 0 Å². The van der Waals surface area contributed by atoms with Crippen LogP contribution in [0.2, 0.25) is 18.1 Å². The number of nitrogens with one attached hydrogen (secondary N) is 1. The summed E-state index contributed by atoms with van der Waals surface area (Å²) in [6.45, 7) is 16.9. The van der Waals surface area contributed by atoms with Crippen LogP contribution in [0, 0.1) is 0 Å². The summed E-state index contributed by atoms with van der Waals surface area (Å²) in [6, 6.07) is 11.0. The van der Waals surface area contributed by atoms with Gasteiger partial charge < -0.3 is 9.74 Å². The van der Waals surface area contributed by atoms with Crippen molar-refractivity contribution in [2.75, 3.05) is 0 Å². The lowest BCUT2D eigenvalue weighted by molar-refractivity contribution is 0.242. The maximum absolute atomic E-state index is 6.44. The lowest BCUT2D eigenvalue weighted by Crippen LogP contribution is -2.43. The van der Waals surface area contributed by atoms with Gasteiger partial charge in [-0.15, -0.1) is 0 Å². The summed E-state index contributed by atoms with van der Waals surface area (Å²) in [7, 11) is -1.71. The second kappa shape index (κ2) is 10.3. The summed E-state index contributed by atoms with van der Waals surface area (Å²) >= 11 is 0. The van der Waals surface area contributed by atoms with Gasteiger partial charge in [0.25, 0.3) is 0 Å². The van der Waals surface area contributed by atoms with Gasteiger partial charge in [-0.05, 0) is 37.0 Å². The molecule has 0 fully saturated rings. The summed E-state index contributed by atoms with van der Waals surface area (Å²) in [4.78, 5) is 0. The quantitative estimate of drug-likeness (QED) is 0.390. The first kappa shape index (κ1) is 22.1. The van der Waals surface area contributed by atoms with Crippen LogP contribution in [0.5, 0.6) is 0 Å². The van der Waals surface area contributed by atoms with Gasteiger partial charge in [-0.25, -0.2) is 0 Å². The van der Waals surface area contributed by atoms with E-state index in [1.165, 1.54) is 24.8 Å². The van der Waals surface area contributed by atoms with Crippen molar-refractivity contribution >= 4 is 8.32 Å². The zero-order valence-corrected chi connectivity index (χ0v) is 18.4. The maximum Gasteiger partial charge on any atom is 0.192 e. The minimum atomic E-state index is -1.71. The fourth-order valence-corrected chi connectivity index (χ4v) is 3.87. The summed E-state index contributed by atoms with van der Waals surface area (Å²) in [6.07, 6.45) is 8.38. The van der Waals surface area contributed by atoms with Gasteiger partial charge in [0.2, 0.25) is 0 Å². The van der Waals surface area contributed by atoms with E-state index in [4.69, 9.17) is 4.43 Å².